The minimum Gasteiger partial charge on any atom is -0.449 e. The van der Waals surface area contributed by atoms with Gasteiger partial charge in [-0.1, -0.05) is 38.8 Å². The molecule has 10 heteroatoms. The average molecular weight is 603 g/mol. The second kappa shape index (κ2) is 10.4. The molecule has 1 amide bonds. The van der Waals surface area contributed by atoms with E-state index in [1.165, 1.54) is 12.1 Å². The molecule has 0 radical (unpaired) electrons. The number of carbonyl (C=O) groups is 1. The number of hydrogen-bond acceptors (Lipinski definition) is 5. The van der Waals surface area contributed by atoms with Crippen LogP contribution < -0.4 is 0 Å². The highest BCUT2D eigenvalue weighted by Crippen LogP contribution is 2.35. The zero-order valence-electron chi connectivity index (χ0n) is 22.0. The second-order valence-corrected chi connectivity index (χ2v) is 11.6. The number of piperazine rings is 1. The van der Waals surface area contributed by atoms with Gasteiger partial charge in [0.05, 0.1) is 23.0 Å². The van der Waals surface area contributed by atoms with Gasteiger partial charge in [-0.25, -0.2) is 9.07 Å². The van der Waals surface area contributed by atoms with Crippen LogP contribution >= 0.6 is 27.5 Å². The lowest BCUT2D eigenvalue weighted by Crippen LogP contribution is -2.57. The van der Waals surface area contributed by atoms with Crippen molar-refractivity contribution in [2.75, 3.05) is 13.1 Å². The molecular formula is C28H30BrClFN5O2. The van der Waals surface area contributed by atoms with Gasteiger partial charge in [0.2, 0.25) is 0 Å². The summed E-state index contributed by atoms with van der Waals surface area (Å²) in [5.74, 6) is -0.0368. The van der Waals surface area contributed by atoms with E-state index in [1.807, 2.05) is 42.6 Å². The van der Waals surface area contributed by atoms with E-state index in [2.05, 4.69) is 45.0 Å². The fourth-order valence-electron chi connectivity index (χ4n) is 5.44. The third-order valence-corrected chi connectivity index (χ3v) is 8.26. The van der Waals surface area contributed by atoms with Crippen molar-refractivity contribution in [1.29, 1.82) is 0 Å². The fraction of sp³-hybridized carbons (Fsp3) is 0.393. The van der Waals surface area contributed by atoms with Crippen molar-refractivity contribution in [1.82, 2.24) is 24.8 Å². The van der Waals surface area contributed by atoms with Crippen molar-refractivity contribution in [3.8, 4) is 0 Å². The van der Waals surface area contributed by atoms with Crippen LogP contribution in [0.2, 0.25) is 5.02 Å². The van der Waals surface area contributed by atoms with Gasteiger partial charge in [0.1, 0.15) is 5.82 Å². The summed E-state index contributed by atoms with van der Waals surface area (Å²) in [6, 6.07) is 8.64. The topological polar surface area (TPSA) is 67.4 Å². The molecule has 0 N–H and O–H groups in total. The first-order chi connectivity index (χ1) is 18.0. The van der Waals surface area contributed by atoms with Gasteiger partial charge in [-0.3, -0.25) is 9.69 Å². The van der Waals surface area contributed by atoms with Crippen molar-refractivity contribution >= 4 is 44.4 Å². The van der Waals surface area contributed by atoms with Crippen LogP contribution in [0.15, 0.2) is 45.4 Å². The summed E-state index contributed by atoms with van der Waals surface area (Å²) in [6.07, 6.45) is 1.95. The van der Waals surface area contributed by atoms with E-state index in [1.54, 1.807) is 12.1 Å². The highest BCUT2D eigenvalue weighted by atomic mass is 79.9. The molecule has 2 aromatic heterocycles. The largest absolute Gasteiger partial charge is 0.449 e. The lowest BCUT2D eigenvalue weighted by molar-refractivity contribution is 0.0245. The van der Waals surface area contributed by atoms with Crippen LogP contribution in [0, 0.1) is 19.7 Å². The molecule has 0 unspecified atom stereocenters. The van der Waals surface area contributed by atoms with Crippen LogP contribution in [0.5, 0.6) is 0 Å². The minimum atomic E-state index is -0.245. The third-order valence-electron chi connectivity index (χ3n) is 7.52. The quantitative estimate of drug-likeness (QED) is 0.260. The Morgan fingerprint density at radius 1 is 1.21 bits per heavy atom. The average Bonchev–Trinajstić information content (AvgIpc) is 3.45. The minimum absolute atomic E-state index is 0.0673. The van der Waals surface area contributed by atoms with Crippen LogP contribution in [0.1, 0.15) is 59.8 Å². The van der Waals surface area contributed by atoms with Crippen molar-refractivity contribution < 1.29 is 13.6 Å². The van der Waals surface area contributed by atoms with E-state index >= 15 is 0 Å². The molecule has 3 atom stereocenters. The molecule has 1 aliphatic rings. The SMILES string of the molecule is Cc1cc(F)ccc1[C@@H](C)n1cc(CN2[C@H](C)CN(C(=O)c3oc4c(Cl)cc(Br)cc4c3C)C[C@@H]2C)nn1. The summed E-state index contributed by atoms with van der Waals surface area (Å²) >= 11 is 9.83. The molecule has 0 aliphatic carbocycles. The molecule has 5 rings (SSSR count). The van der Waals surface area contributed by atoms with E-state index in [9.17, 15) is 9.18 Å². The summed E-state index contributed by atoms with van der Waals surface area (Å²) in [5, 5.41) is 10.1. The Balaban J connectivity index is 1.29. The summed E-state index contributed by atoms with van der Waals surface area (Å²) in [7, 11) is 0. The Bertz CT molecular complexity index is 1510. The molecule has 7 nitrogen and oxygen atoms in total. The first kappa shape index (κ1) is 26.8. The van der Waals surface area contributed by atoms with Crippen LogP contribution in [0.4, 0.5) is 4.39 Å². The second-order valence-electron chi connectivity index (χ2n) is 10.3. The van der Waals surface area contributed by atoms with E-state index in [0.717, 1.165) is 32.2 Å². The number of halogens is 3. The van der Waals surface area contributed by atoms with Gasteiger partial charge in [-0.05, 0) is 70.0 Å². The molecular weight excluding hydrogens is 573 g/mol. The molecule has 4 aromatic rings. The van der Waals surface area contributed by atoms with E-state index in [0.29, 0.717) is 36.0 Å². The Hall–Kier alpha value is -2.75. The number of fused-ring (bicyclic) bond motifs is 1. The zero-order chi connectivity index (χ0) is 27.3. The van der Waals surface area contributed by atoms with Crippen LogP contribution in [-0.4, -0.2) is 55.9 Å². The van der Waals surface area contributed by atoms with Gasteiger partial charge < -0.3 is 9.32 Å². The summed E-state index contributed by atoms with van der Waals surface area (Å²) in [6.45, 7) is 11.8. The molecule has 0 spiro atoms. The van der Waals surface area contributed by atoms with Crippen molar-refractivity contribution in [3.05, 3.63) is 80.0 Å². The molecule has 1 saturated heterocycles. The summed E-state index contributed by atoms with van der Waals surface area (Å²) in [4.78, 5) is 17.7. The van der Waals surface area contributed by atoms with Gasteiger partial charge >= 0.3 is 0 Å². The van der Waals surface area contributed by atoms with Crippen molar-refractivity contribution in [3.63, 3.8) is 0 Å². The Kier molecular flexibility index (Phi) is 7.37. The number of furan rings is 1. The van der Waals surface area contributed by atoms with Crippen LogP contribution in [0.25, 0.3) is 11.0 Å². The maximum absolute atomic E-state index is 13.5. The summed E-state index contributed by atoms with van der Waals surface area (Å²) in [5.41, 5.74) is 4.06. The van der Waals surface area contributed by atoms with Crippen LogP contribution in [0.3, 0.4) is 0 Å². The molecule has 0 bridgehead atoms. The lowest BCUT2D eigenvalue weighted by Gasteiger charge is -2.43. The highest BCUT2D eigenvalue weighted by Gasteiger charge is 2.35. The predicted octanol–water partition coefficient (Wildman–Crippen LogP) is 6.54. The zero-order valence-corrected chi connectivity index (χ0v) is 24.3. The van der Waals surface area contributed by atoms with Gasteiger partial charge in [0.25, 0.3) is 5.91 Å². The standard InChI is InChI=1S/C28H30BrClFN5O2/c1-15-8-21(31)6-7-23(15)19(5)36-14-22(32-33-36)13-35-16(2)11-34(12-17(35)3)28(37)26-18(4)24-9-20(29)10-25(30)27(24)38-26/h6-10,14,16-17,19H,11-13H2,1-5H3/t16-,17+,19-/m1/s1. The van der Waals surface area contributed by atoms with Gasteiger partial charge in [-0.15, -0.1) is 5.10 Å². The fourth-order valence-corrected chi connectivity index (χ4v) is 6.29. The van der Waals surface area contributed by atoms with E-state index < -0.39 is 0 Å². The predicted molar refractivity (Wildman–Crippen MR) is 149 cm³/mol. The Labute approximate surface area is 234 Å². The number of hydrogen-bond donors (Lipinski definition) is 0. The molecule has 1 fully saturated rings. The monoisotopic (exact) mass is 601 g/mol. The molecule has 3 heterocycles. The lowest BCUT2D eigenvalue weighted by atomic mass is 10.0. The summed E-state index contributed by atoms with van der Waals surface area (Å²) < 4.78 is 22.2. The molecule has 1 aliphatic heterocycles. The number of nitrogens with zero attached hydrogens (tertiary/aromatic N) is 5. The molecule has 200 valence electrons. The number of aryl methyl sites for hydroxylation is 2. The normalized spacial score (nSPS) is 19.3. The van der Waals surface area contributed by atoms with Crippen molar-refractivity contribution in [2.45, 2.75) is 59.3 Å². The number of benzene rings is 2. The van der Waals surface area contributed by atoms with Gasteiger partial charge in [0, 0.05) is 47.1 Å². The Morgan fingerprint density at radius 2 is 1.92 bits per heavy atom. The third kappa shape index (κ3) is 4.99. The van der Waals surface area contributed by atoms with Crippen LogP contribution in [-0.2, 0) is 6.54 Å². The molecule has 2 aromatic carbocycles. The van der Waals surface area contributed by atoms with E-state index in [-0.39, 0.29) is 29.8 Å². The number of aromatic nitrogens is 3. The highest BCUT2D eigenvalue weighted by molar-refractivity contribution is 9.10. The Morgan fingerprint density at radius 3 is 2.61 bits per heavy atom. The van der Waals surface area contributed by atoms with Crippen molar-refractivity contribution in [2.24, 2.45) is 0 Å². The number of amides is 1. The van der Waals surface area contributed by atoms with E-state index in [4.69, 9.17) is 16.0 Å². The maximum atomic E-state index is 13.5. The number of rotatable bonds is 5. The maximum Gasteiger partial charge on any atom is 0.289 e. The van der Waals surface area contributed by atoms with Gasteiger partial charge in [-0.2, -0.15) is 0 Å². The first-order valence-corrected chi connectivity index (χ1v) is 13.8. The first-order valence-electron chi connectivity index (χ1n) is 12.6. The number of carbonyl (C=O) groups excluding carboxylic acids is 1. The molecule has 0 saturated carbocycles. The molecule has 38 heavy (non-hydrogen) atoms. The van der Waals surface area contributed by atoms with Gasteiger partial charge in [0.15, 0.2) is 11.3 Å². The smallest absolute Gasteiger partial charge is 0.289 e.